The Balaban J connectivity index is 1.26. The zero-order chi connectivity index (χ0) is 16.6. The Labute approximate surface area is 145 Å². The van der Waals surface area contributed by atoms with Gasteiger partial charge in [0, 0.05) is 39.1 Å². The van der Waals surface area contributed by atoms with Gasteiger partial charge in [-0.1, -0.05) is 30.3 Å². The van der Waals surface area contributed by atoms with Crippen molar-refractivity contribution in [2.45, 2.75) is 32.2 Å². The van der Waals surface area contributed by atoms with Gasteiger partial charge in [0.15, 0.2) is 0 Å². The van der Waals surface area contributed by atoms with Gasteiger partial charge in [0.1, 0.15) is 0 Å². The highest BCUT2D eigenvalue weighted by molar-refractivity contribution is 5.75. The number of amides is 1. The zero-order valence-electron chi connectivity index (χ0n) is 14.5. The second-order valence-corrected chi connectivity index (χ2v) is 7.18. The van der Waals surface area contributed by atoms with Crippen LogP contribution in [0.5, 0.6) is 0 Å². The summed E-state index contributed by atoms with van der Waals surface area (Å²) in [5.41, 5.74) is 7.61. The van der Waals surface area contributed by atoms with Gasteiger partial charge in [-0.3, -0.25) is 20.5 Å². The molecule has 2 fully saturated rings. The topological polar surface area (TPSA) is 56.4 Å². The van der Waals surface area contributed by atoms with Crippen molar-refractivity contribution in [3.8, 4) is 0 Å². The Morgan fingerprint density at radius 1 is 1.12 bits per heavy atom. The van der Waals surface area contributed by atoms with Crippen molar-refractivity contribution in [1.29, 1.82) is 0 Å². The first-order chi connectivity index (χ1) is 11.8. The van der Waals surface area contributed by atoms with Gasteiger partial charge in [0.05, 0.1) is 0 Å². The number of carbonyl (C=O) groups is 1. The molecule has 1 amide bonds. The molecule has 2 aliphatic heterocycles. The van der Waals surface area contributed by atoms with Gasteiger partial charge >= 0.3 is 0 Å². The van der Waals surface area contributed by atoms with Crippen molar-refractivity contribution in [2.75, 3.05) is 32.7 Å². The summed E-state index contributed by atoms with van der Waals surface area (Å²) in [6.07, 6.45) is 3.98. The Kier molecular flexibility index (Phi) is 6.64. The van der Waals surface area contributed by atoms with Crippen molar-refractivity contribution < 1.29 is 4.79 Å². The average Bonchev–Trinajstić information content (AvgIpc) is 3.26. The zero-order valence-corrected chi connectivity index (χ0v) is 14.5. The Bertz CT molecular complexity index is 501. The van der Waals surface area contributed by atoms with Gasteiger partial charge in [-0.25, -0.2) is 0 Å². The molecule has 1 aromatic rings. The van der Waals surface area contributed by atoms with Gasteiger partial charge in [0.2, 0.25) is 5.91 Å². The molecular formula is C19H30N4O. The van der Waals surface area contributed by atoms with E-state index in [9.17, 15) is 4.79 Å². The van der Waals surface area contributed by atoms with Crippen LogP contribution in [-0.4, -0.2) is 43.5 Å². The Morgan fingerprint density at radius 3 is 2.71 bits per heavy atom. The van der Waals surface area contributed by atoms with E-state index in [2.05, 4.69) is 51.4 Å². The van der Waals surface area contributed by atoms with Gasteiger partial charge in [-0.05, 0) is 43.2 Å². The smallest absolute Gasteiger partial charge is 0.220 e. The van der Waals surface area contributed by atoms with E-state index < -0.39 is 0 Å². The van der Waals surface area contributed by atoms with Crippen LogP contribution < -0.4 is 16.2 Å². The standard InChI is InChI=1S/C19H30N4O/c24-19(7-6-18-12-21-22-13-18)20-10-8-17-9-11-23(15-17)14-16-4-2-1-3-5-16/h1-5,17-18,21-22H,6-15H2,(H,20,24). The fourth-order valence-electron chi connectivity index (χ4n) is 3.68. The van der Waals surface area contributed by atoms with Crippen LogP contribution in [0.15, 0.2) is 30.3 Å². The van der Waals surface area contributed by atoms with Crippen LogP contribution in [0.25, 0.3) is 0 Å². The third kappa shape index (κ3) is 5.58. The first-order valence-corrected chi connectivity index (χ1v) is 9.28. The third-order valence-electron chi connectivity index (χ3n) is 5.18. The first-order valence-electron chi connectivity index (χ1n) is 9.28. The normalized spacial score (nSPS) is 22.1. The van der Waals surface area contributed by atoms with Crippen LogP contribution >= 0.6 is 0 Å². The molecule has 1 unspecified atom stereocenters. The van der Waals surface area contributed by atoms with Gasteiger partial charge in [0.25, 0.3) is 0 Å². The molecule has 3 rings (SSSR count). The molecule has 0 radical (unpaired) electrons. The average molecular weight is 330 g/mol. The number of benzene rings is 1. The van der Waals surface area contributed by atoms with E-state index in [-0.39, 0.29) is 5.91 Å². The fraction of sp³-hybridized carbons (Fsp3) is 0.632. The molecule has 1 atom stereocenters. The summed E-state index contributed by atoms with van der Waals surface area (Å²) in [5.74, 6) is 1.52. The highest BCUT2D eigenvalue weighted by Gasteiger charge is 2.22. The minimum absolute atomic E-state index is 0.209. The number of rotatable bonds is 8. The molecule has 2 heterocycles. The molecule has 3 N–H and O–H groups in total. The SMILES string of the molecule is O=C(CCC1CNNC1)NCCC1CCN(Cc2ccccc2)C1. The van der Waals surface area contributed by atoms with E-state index in [0.717, 1.165) is 51.5 Å². The molecule has 0 saturated carbocycles. The molecule has 0 spiro atoms. The molecule has 1 aromatic carbocycles. The number of likely N-dealkylation sites (tertiary alicyclic amines) is 1. The molecule has 5 heteroatoms. The fourth-order valence-corrected chi connectivity index (χ4v) is 3.68. The van der Waals surface area contributed by atoms with Crippen LogP contribution in [-0.2, 0) is 11.3 Å². The number of hydrazine groups is 1. The summed E-state index contributed by atoms with van der Waals surface area (Å²) in [6, 6.07) is 10.7. The predicted molar refractivity (Wildman–Crippen MR) is 96.2 cm³/mol. The number of nitrogens with one attached hydrogen (secondary N) is 3. The third-order valence-corrected chi connectivity index (χ3v) is 5.18. The van der Waals surface area contributed by atoms with Crippen molar-refractivity contribution >= 4 is 5.91 Å². The summed E-state index contributed by atoms with van der Waals surface area (Å²) < 4.78 is 0. The maximum absolute atomic E-state index is 11.9. The first kappa shape index (κ1) is 17.4. The summed E-state index contributed by atoms with van der Waals surface area (Å²) >= 11 is 0. The van der Waals surface area contributed by atoms with Crippen molar-refractivity contribution in [3.63, 3.8) is 0 Å². The van der Waals surface area contributed by atoms with E-state index in [1.54, 1.807) is 0 Å². The molecule has 0 aromatic heterocycles. The Morgan fingerprint density at radius 2 is 1.92 bits per heavy atom. The largest absolute Gasteiger partial charge is 0.356 e. The number of nitrogens with zero attached hydrogens (tertiary/aromatic N) is 1. The van der Waals surface area contributed by atoms with Crippen LogP contribution in [0.4, 0.5) is 0 Å². The molecular weight excluding hydrogens is 300 g/mol. The number of hydrogen-bond donors (Lipinski definition) is 3. The molecule has 24 heavy (non-hydrogen) atoms. The van der Waals surface area contributed by atoms with Crippen molar-refractivity contribution in [2.24, 2.45) is 11.8 Å². The lowest BCUT2D eigenvalue weighted by Gasteiger charge is -2.16. The van der Waals surface area contributed by atoms with E-state index in [1.807, 2.05) is 0 Å². The van der Waals surface area contributed by atoms with Gasteiger partial charge < -0.3 is 5.32 Å². The monoisotopic (exact) mass is 330 g/mol. The van der Waals surface area contributed by atoms with Crippen LogP contribution in [0.3, 0.4) is 0 Å². The molecule has 5 nitrogen and oxygen atoms in total. The van der Waals surface area contributed by atoms with E-state index in [0.29, 0.717) is 12.3 Å². The Hall–Kier alpha value is -1.43. The van der Waals surface area contributed by atoms with Gasteiger partial charge in [-0.15, -0.1) is 0 Å². The number of carbonyl (C=O) groups excluding carboxylic acids is 1. The lowest BCUT2D eigenvalue weighted by Crippen LogP contribution is -2.27. The minimum atomic E-state index is 0.209. The second-order valence-electron chi connectivity index (χ2n) is 7.18. The van der Waals surface area contributed by atoms with E-state index >= 15 is 0 Å². The van der Waals surface area contributed by atoms with Crippen LogP contribution in [0, 0.1) is 11.8 Å². The summed E-state index contributed by atoms with van der Waals surface area (Å²) in [5, 5.41) is 3.10. The summed E-state index contributed by atoms with van der Waals surface area (Å²) in [4.78, 5) is 14.4. The molecule has 2 aliphatic rings. The lowest BCUT2D eigenvalue weighted by atomic mass is 10.0. The second kappa shape index (κ2) is 9.16. The predicted octanol–water partition coefficient (Wildman–Crippen LogP) is 1.52. The molecule has 0 aliphatic carbocycles. The molecule has 0 bridgehead atoms. The van der Waals surface area contributed by atoms with E-state index in [1.165, 1.54) is 18.5 Å². The maximum Gasteiger partial charge on any atom is 0.220 e. The van der Waals surface area contributed by atoms with Crippen LogP contribution in [0.2, 0.25) is 0 Å². The van der Waals surface area contributed by atoms with Gasteiger partial charge in [-0.2, -0.15) is 0 Å². The van der Waals surface area contributed by atoms with E-state index in [4.69, 9.17) is 0 Å². The minimum Gasteiger partial charge on any atom is -0.356 e. The van der Waals surface area contributed by atoms with Crippen molar-refractivity contribution in [1.82, 2.24) is 21.1 Å². The highest BCUT2D eigenvalue weighted by atomic mass is 16.1. The van der Waals surface area contributed by atoms with Crippen LogP contribution in [0.1, 0.15) is 31.2 Å². The molecule has 2 saturated heterocycles. The maximum atomic E-state index is 11.9. The lowest BCUT2D eigenvalue weighted by molar-refractivity contribution is -0.121. The quantitative estimate of drug-likeness (QED) is 0.676. The van der Waals surface area contributed by atoms with Crippen molar-refractivity contribution in [3.05, 3.63) is 35.9 Å². The summed E-state index contributed by atoms with van der Waals surface area (Å²) in [6.45, 7) is 6.16. The summed E-state index contributed by atoms with van der Waals surface area (Å²) in [7, 11) is 0. The molecule has 132 valence electrons. The number of hydrogen-bond acceptors (Lipinski definition) is 4. The highest BCUT2D eigenvalue weighted by Crippen LogP contribution is 2.21.